The van der Waals surface area contributed by atoms with E-state index in [-0.39, 0.29) is 5.69 Å². The van der Waals surface area contributed by atoms with Gasteiger partial charge in [-0.15, -0.1) is 0 Å². The van der Waals surface area contributed by atoms with Gasteiger partial charge in [0, 0.05) is 31.5 Å². The van der Waals surface area contributed by atoms with Crippen LogP contribution in [0.5, 0.6) is 0 Å². The van der Waals surface area contributed by atoms with Crippen LogP contribution in [0.3, 0.4) is 0 Å². The maximum atomic E-state index is 11.3. The van der Waals surface area contributed by atoms with Gasteiger partial charge in [-0.25, -0.2) is 9.78 Å². The van der Waals surface area contributed by atoms with E-state index in [1.165, 1.54) is 19.0 Å². The molecule has 0 aromatic carbocycles. The van der Waals surface area contributed by atoms with Crippen molar-refractivity contribution in [2.24, 2.45) is 5.92 Å². The zero-order valence-corrected chi connectivity index (χ0v) is 11.0. The van der Waals surface area contributed by atoms with E-state index in [1.54, 1.807) is 16.8 Å². The van der Waals surface area contributed by atoms with Gasteiger partial charge in [0.25, 0.3) is 0 Å². The molecule has 4 heteroatoms. The molecule has 0 fully saturated rings. The van der Waals surface area contributed by atoms with Crippen LogP contribution in [0, 0.1) is 5.92 Å². The van der Waals surface area contributed by atoms with E-state index in [0.717, 1.165) is 12.5 Å². The first kappa shape index (κ1) is 13.9. The first-order valence-corrected chi connectivity index (χ1v) is 6.34. The van der Waals surface area contributed by atoms with Gasteiger partial charge in [-0.05, 0) is 31.7 Å². The van der Waals surface area contributed by atoms with Gasteiger partial charge in [-0.3, -0.25) is 4.57 Å². The smallest absolute Gasteiger partial charge is 0.312 e. The van der Waals surface area contributed by atoms with Crippen LogP contribution in [0.2, 0.25) is 0 Å². The fourth-order valence-corrected chi connectivity index (χ4v) is 1.67. The summed E-state index contributed by atoms with van der Waals surface area (Å²) in [5, 5.41) is 3.43. The highest BCUT2D eigenvalue weighted by atomic mass is 16.1. The number of rotatable bonds is 7. The third-order valence-electron chi connectivity index (χ3n) is 2.81. The van der Waals surface area contributed by atoms with Gasteiger partial charge in [-0.2, -0.15) is 0 Å². The summed E-state index contributed by atoms with van der Waals surface area (Å²) in [6.07, 6.45) is 5.72. The molecule has 1 aromatic heterocycles. The molecule has 1 atom stereocenters. The zero-order valence-electron chi connectivity index (χ0n) is 11.0. The van der Waals surface area contributed by atoms with Gasteiger partial charge in [0.15, 0.2) is 0 Å². The lowest BCUT2D eigenvalue weighted by Gasteiger charge is -2.15. The van der Waals surface area contributed by atoms with Crippen molar-refractivity contribution in [1.82, 2.24) is 14.9 Å². The second kappa shape index (κ2) is 7.22. The molecule has 1 N–H and O–H groups in total. The first-order chi connectivity index (χ1) is 8.09. The van der Waals surface area contributed by atoms with Crippen molar-refractivity contribution in [2.45, 2.75) is 46.2 Å². The summed E-state index contributed by atoms with van der Waals surface area (Å²) in [6, 6.07) is 2.29. The molecule has 1 unspecified atom stereocenters. The standard InChI is InChI=1S/C13H23N3O/c1-11(2)5-6-12(3)14-8-10-16-9-4-7-15-13(16)17/h4,7,9,11-12,14H,5-6,8,10H2,1-3H3. The average molecular weight is 237 g/mol. The SMILES string of the molecule is CC(C)CCC(C)NCCn1cccnc1=O. The van der Waals surface area contributed by atoms with Crippen LogP contribution >= 0.6 is 0 Å². The second-order valence-electron chi connectivity index (χ2n) is 4.92. The van der Waals surface area contributed by atoms with E-state index in [4.69, 9.17) is 0 Å². The third-order valence-corrected chi connectivity index (χ3v) is 2.81. The Hall–Kier alpha value is -1.16. The van der Waals surface area contributed by atoms with Crippen molar-refractivity contribution in [3.63, 3.8) is 0 Å². The molecule has 0 aliphatic heterocycles. The Bertz CT molecular complexity index is 373. The summed E-state index contributed by atoms with van der Waals surface area (Å²) in [4.78, 5) is 15.1. The van der Waals surface area contributed by atoms with Crippen LogP contribution in [-0.4, -0.2) is 22.1 Å². The molecule has 17 heavy (non-hydrogen) atoms. The van der Waals surface area contributed by atoms with Crippen LogP contribution in [0.1, 0.15) is 33.6 Å². The molecular weight excluding hydrogens is 214 g/mol. The molecule has 1 rings (SSSR count). The number of aromatic nitrogens is 2. The number of hydrogen-bond donors (Lipinski definition) is 1. The van der Waals surface area contributed by atoms with E-state index in [9.17, 15) is 4.79 Å². The molecule has 0 saturated carbocycles. The predicted octanol–water partition coefficient (Wildman–Crippen LogP) is 1.66. The van der Waals surface area contributed by atoms with Gasteiger partial charge in [0.2, 0.25) is 0 Å². The molecular formula is C13H23N3O. The van der Waals surface area contributed by atoms with E-state index < -0.39 is 0 Å². The summed E-state index contributed by atoms with van der Waals surface area (Å²) < 4.78 is 1.63. The summed E-state index contributed by atoms with van der Waals surface area (Å²) in [5.74, 6) is 0.750. The van der Waals surface area contributed by atoms with Crippen LogP contribution < -0.4 is 11.0 Å². The minimum absolute atomic E-state index is 0.177. The van der Waals surface area contributed by atoms with Gasteiger partial charge in [0.05, 0.1) is 0 Å². The van der Waals surface area contributed by atoms with Crippen molar-refractivity contribution < 1.29 is 0 Å². The van der Waals surface area contributed by atoms with Crippen molar-refractivity contribution >= 4 is 0 Å². The van der Waals surface area contributed by atoms with Crippen molar-refractivity contribution in [1.29, 1.82) is 0 Å². The molecule has 0 saturated heterocycles. The monoisotopic (exact) mass is 237 g/mol. The fraction of sp³-hybridized carbons (Fsp3) is 0.692. The van der Waals surface area contributed by atoms with E-state index >= 15 is 0 Å². The van der Waals surface area contributed by atoms with Crippen molar-refractivity contribution in [3.8, 4) is 0 Å². The quantitative estimate of drug-likeness (QED) is 0.784. The topological polar surface area (TPSA) is 46.9 Å². The third kappa shape index (κ3) is 5.63. The van der Waals surface area contributed by atoms with Gasteiger partial charge < -0.3 is 5.32 Å². The highest BCUT2D eigenvalue weighted by Gasteiger charge is 2.03. The molecule has 96 valence electrons. The first-order valence-electron chi connectivity index (χ1n) is 6.34. The van der Waals surface area contributed by atoms with Crippen LogP contribution in [0.15, 0.2) is 23.3 Å². The predicted molar refractivity (Wildman–Crippen MR) is 70.0 cm³/mol. The van der Waals surface area contributed by atoms with E-state index in [2.05, 4.69) is 31.1 Å². The summed E-state index contributed by atoms with van der Waals surface area (Å²) in [5.41, 5.74) is -0.177. The lowest BCUT2D eigenvalue weighted by Crippen LogP contribution is -2.32. The average Bonchev–Trinajstić information content (AvgIpc) is 2.29. The van der Waals surface area contributed by atoms with Crippen LogP contribution in [0.25, 0.3) is 0 Å². The van der Waals surface area contributed by atoms with E-state index in [0.29, 0.717) is 12.6 Å². The lowest BCUT2D eigenvalue weighted by atomic mass is 10.0. The number of nitrogens with zero attached hydrogens (tertiary/aromatic N) is 2. The minimum Gasteiger partial charge on any atom is -0.312 e. The molecule has 0 spiro atoms. The Morgan fingerprint density at radius 2 is 2.12 bits per heavy atom. The number of hydrogen-bond acceptors (Lipinski definition) is 3. The molecule has 1 aromatic rings. The Kier molecular flexibility index (Phi) is 5.91. The maximum Gasteiger partial charge on any atom is 0.347 e. The van der Waals surface area contributed by atoms with Crippen LogP contribution in [0.4, 0.5) is 0 Å². The van der Waals surface area contributed by atoms with E-state index in [1.807, 2.05) is 0 Å². The van der Waals surface area contributed by atoms with Crippen molar-refractivity contribution in [3.05, 3.63) is 28.9 Å². The Labute approximate surface area is 103 Å². The zero-order chi connectivity index (χ0) is 12.7. The summed E-state index contributed by atoms with van der Waals surface area (Å²) in [6.45, 7) is 8.15. The molecule has 0 aliphatic rings. The largest absolute Gasteiger partial charge is 0.347 e. The second-order valence-corrected chi connectivity index (χ2v) is 4.92. The minimum atomic E-state index is -0.177. The molecule has 0 amide bonds. The number of nitrogens with one attached hydrogen (secondary N) is 1. The Morgan fingerprint density at radius 3 is 2.76 bits per heavy atom. The maximum absolute atomic E-state index is 11.3. The summed E-state index contributed by atoms with van der Waals surface area (Å²) in [7, 11) is 0. The van der Waals surface area contributed by atoms with Gasteiger partial charge in [-0.1, -0.05) is 13.8 Å². The highest BCUT2D eigenvalue weighted by molar-refractivity contribution is 4.81. The molecule has 4 nitrogen and oxygen atoms in total. The van der Waals surface area contributed by atoms with Crippen LogP contribution in [-0.2, 0) is 6.54 Å². The highest BCUT2D eigenvalue weighted by Crippen LogP contribution is 2.05. The molecule has 0 aliphatic carbocycles. The Balaban J connectivity index is 2.24. The van der Waals surface area contributed by atoms with Gasteiger partial charge in [0.1, 0.15) is 0 Å². The van der Waals surface area contributed by atoms with Gasteiger partial charge >= 0.3 is 5.69 Å². The Morgan fingerprint density at radius 1 is 1.35 bits per heavy atom. The molecule has 0 bridgehead atoms. The lowest BCUT2D eigenvalue weighted by molar-refractivity contribution is 0.438. The molecule has 1 heterocycles. The fourth-order valence-electron chi connectivity index (χ4n) is 1.67. The van der Waals surface area contributed by atoms with Crippen molar-refractivity contribution in [2.75, 3.05) is 6.54 Å². The summed E-state index contributed by atoms with van der Waals surface area (Å²) >= 11 is 0. The normalized spacial score (nSPS) is 12.9. The molecule has 0 radical (unpaired) electrons.